The van der Waals surface area contributed by atoms with E-state index in [4.69, 9.17) is 5.73 Å². The third-order valence-corrected chi connectivity index (χ3v) is 3.74. The van der Waals surface area contributed by atoms with Crippen LogP contribution < -0.4 is 5.73 Å². The van der Waals surface area contributed by atoms with Crippen LogP contribution in [0.1, 0.15) is 24.0 Å². The molecule has 2 N–H and O–H groups in total. The normalized spacial score (nSPS) is 12.5. The van der Waals surface area contributed by atoms with E-state index < -0.39 is 0 Å². The molecule has 19 heavy (non-hydrogen) atoms. The Balaban J connectivity index is 2.07. The average molecular weight is 247 g/mol. The molecule has 0 radical (unpaired) electrons. The highest BCUT2D eigenvalue weighted by Gasteiger charge is 2.11. The third kappa shape index (κ3) is 2.19. The van der Waals surface area contributed by atoms with Gasteiger partial charge in [0, 0.05) is 11.6 Å². The largest absolute Gasteiger partial charge is 0.398 e. The van der Waals surface area contributed by atoms with Crippen LogP contribution in [-0.2, 0) is 0 Å². The summed E-state index contributed by atoms with van der Waals surface area (Å²) < 4.78 is 0. The molecule has 3 aromatic carbocycles. The molecule has 3 rings (SSSR count). The lowest BCUT2D eigenvalue weighted by atomic mass is 9.90. The van der Waals surface area contributed by atoms with E-state index in [0.717, 1.165) is 5.69 Å². The molecule has 0 aliphatic heterocycles. The van der Waals surface area contributed by atoms with Crippen molar-refractivity contribution in [2.24, 2.45) is 0 Å². The Labute approximate surface area is 113 Å². The van der Waals surface area contributed by atoms with Gasteiger partial charge in [0.2, 0.25) is 0 Å². The quantitative estimate of drug-likeness (QED) is 0.659. The minimum absolute atomic E-state index is 0.311. The molecule has 1 heteroatoms. The summed E-state index contributed by atoms with van der Waals surface area (Å²) in [6.45, 7) is 2.20. The van der Waals surface area contributed by atoms with Crippen LogP contribution in [0.2, 0.25) is 0 Å². The highest BCUT2D eigenvalue weighted by atomic mass is 14.6. The second-order valence-electron chi connectivity index (χ2n) is 4.96. The molecule has 3 aromatic rings. The molecular weight excluding hydrogens is 230 g/mol. The highest BCUT2D eigenvalue weighted by Crippen LogP contribution is 2.30. The molecule has 0 heterocycles. The number of hydrogen-bond donors (Lipinski definition) is 1. The van der Waals surface area contributed by atoms with Gasteiger partial charge >= 0.3 is 0 Å². The van der Waals surface area contributed by atoms with Gasteiger partial charge in [-0.25, -0.2) is 0 Å². The molecule has 0 spiro atoms. The molecule has 1 nitrogen and oxygen atoms in total. The van der Waals surface area contributed by atoms with E-state index >= 15 is 0 Å². The molecular formula is C18H17N. The van der Waals surface area contributed by atoms with Crippen LogP contribution in [-0.4, -0.2) is 0 Å². The zero-order valence-corrected chi connectivity index (χ0v) is 11.0. The number of hydrogen-bond acceptors (Lipinski definition) is 1. The number of anilines is 1. The summed E-state index contributed by atoms with van der Waals surface area (Å²) in [6.07, 6.45) is 0. The first-order chi connectivity index (χ1) is 9.25. The Morgan fingerprint density at radius 3 is 2.26 bits per heavy atom. The number of fused-ring (bicyclic) bond motifs is 1. The molecule has 94 valence electrons. The van der Waals surface area contributed by atoms with E-state index in [1.54, 1.807) is 0 Å². The maximum Gasteiger partial charge on any atom is 0.0352 e. The molecule has 1 atom stereocenters. The lowest BCUT2D eigenvalue weighted by molar-refractivity contribution is 0.928. The molecule has 0 saturated heterocycles. The molecule has 0 bridgehead atoms. The number of nitrogens with two attached hydrogens (primary N) is 1. The van der Waals surface area contributed by atoms with E-state index in [1.165, 1.54) is 21.9 Å². The summed E-state index contributed by atoms with van der Waals surface area (Å²) in [4.78, 5) is 0. The van der Waals surface area contributed by atoms with Crippen LogP contribution in [0.5, 0.6) is 0 Å². The summed E-state index contributed by atoms with van der Waals surface area (Å²) in [5.74, 6) is 0.311. The summed E-state index contributed by atoms with van der Waals surface area (Å²) >= 11 is 0. The lowest BCUT2D eigenvalue weighted by Gasteiger charge is -2.15. The van der Waals surface area contributed by atoms with E-state index in [2.05, 4.69) is 55.5 Å². The fourth-order valence-electron chi connectivity index (χ4n) is 2.56. The van der Waals surface area contributed by atoms with Gasteiger partial charge in [0.05, 0.1) is 0 Å². The van der Waals surface area contributed by atoms with Crippen LogP contribution in [0.4, 0.5) is 5.69 Å². The molecule has 0 saturated carbocycles. The molecule has 1 unspecified atom stereocenters. The molecule has 0 amide bonds. The Morgan fingerprint density at radius 1 is 0.789 bits per heavy atom. The molecule has 0 fully saturated rings. The minimum atomic E-state index is 0.311. The van der Waals surface area contributed by atoms with Crippen molar-refractivity contribution in [3.63, 3.8) is 0 Å². The van der Waals surface area contributed by atoms with Gasteiger partial charge in [0.25, 0.3) is 0 Å². The minimum Gasteiger partial charge on any atom is -0.398 e. The lowest BCUT2D eigenvalue weighted by Crippen LogP contribution is -2.00. The average Bonchev–Trinajstić information content (AvgIpc) is 2.46. The summed E-state index contributed by atoms with van der Waals surface area (Å²) in [6, 6.07) is 23.2. The fraction of sp³-hybridized carbons (Fsp3) is 0.111. The van der Waals surface area contributed by atoms with Crippen LogP contribution >= 0.6 is 0 Å². The number of benzene rings is 3. The standard InChI is InChI=1S/C18H17N/c1-13(17-8-4-5-9-18(17)19)15-11-10-14-6-2-3-7-16(14)12-15/h2-13H,19H2,1H3. The maximum absolute atomic E-state index is 6.07. The smallest absolute Gasteiger partial charge is 0.0352 e. The van der Waals surface area contributed by atoms with Gasteiger partial charge in [-0.05, 0) is 28.0 Å². The van der Waals surface area contributed by atoms with Gasteiger partial charge in [-0.3, -0.25) is 0 Å². The van der Waals surface area contributed by atoms with Crippen LogP contribution in [0.3, 0.4) is 0 Å². The van der Waals surface area contributed by atoms with Gasteiger partial charge in [0.1, 0.15) is 0 Å². The van der Waals surface area contributed by atoms with Gasteiger partial charge in [-0.15, -0.1) is 0 Å². The Kier molecular flexibility index (Phi) is 2.96. The van der Waals surface area contributed by atoms with Crippen molar-refractivity contribution in [3.8, 4) is 0 Å². The van der Waals surface area contributed by atoms with Crippen molar-refractivity contribution in [1.29, 1.82) is 0 Å². The zero-order chi connectivity index (χ0) is 13.2. The van der Waals surface area contributed by atoms with Crippen LogP contribution in [0.15, 0.2) is 66.7 Å². The number of nitrogen functional groups attached to an aromatic ring is 1. The number of para-hydroxylation sites is 1. The molecule has 0 aromatic heterocycles. The van der Waals surface area contributed by atoms with E-state index in [0.29, 0.717) is 5.92 Å². The Hall–Kier alpha value is -2.28. The SMILES string of the molecule is CC(c1ccc2ccccc2c1)c1ccccc1N. The third-order valence-electron chi connectivity index (χ3n) is 3.74. The second kappa shape index (κ2) is 4.77. The summed E-state index contributed by atoms with van der Waals surface area (Å²) in [5, 5.41) is 2.56. The van der Waals surface area contributed by atoms with Crippen LogP contribution in [0.25, 0.3) is 10.8 Å². The van der Waals surface area contributed by atoms with Gasteiger partial charge in [-0.2, -0.15) is 0 Å². The zero-order valence-electron chi connectivity index (χ0n) is 11.0. The highest BCUT2D eigenvalue weighted by molar-refractivity contribution is 5.83. The van der Waals surface area contributed by atoms with Crippen LogP contribution in [0, 0.1) is 0 Å². The van der Waals surface area contributed by atoms with Crippen molar-refractivity contribution < 1.29 is 0 Å². The second-order valence-corrected chi connectivity index (χ2v) is 4.96. The molecule has 0 aliphatic carbocycles. The topological polar surface area (TPSA) is 26.0 Å². The Morgan fingerprint density at radius 2 is 1.47 bits per heavy atom. The first-order valence-electron chi connectivity index (χ1n) is 6.59. The van der Waals surface area contributed by atoms with E-state index in [1.807, 2.05) is 18.2 Å². The summed E-state index contributed by atoms with van der Waals surface area (Å²) in [7, 11) is 0. The maximum atomic E-state index is 6.07. The van der Waals surface area contributed by atoms with Gasteiger partial charge in [-0.1, -0.05) is 67.6 Å². The summed E-state index contributed by atoms with van der Waals surface area (Å²) in [5.41, 5.74) is 9.43. The van der Waals surface area contributed by atoms with Crippen molar-refractivity contribution in [3.05, 3.63) is 77.9 Å². The monoisotopic (exact) mass is 247 g/mol. The predicted molar refractivity (Wildman–Crippen MR) is 82.3 cm³/mol. The fourth-order valence-corrected chi connectivity index (χ4v) is 2.56. The van der Waals surface area contributed by atoms with Gasteiger partial charge < -0.3 is 5.73 Å². The van der Waals surface area contributed by atoms with E-state index in [9.17, 15) is 0 Å². The molecule has 0 aliphatic rings. The predicted octanol–water partition coefficient (Wildman–Crippen LogP) is 4.57. The van der Waals surface area contributed by atoms with Crippen molar-refractivity contribution in [1.82, 2.24) is 0 Å². The first kappa shape index (κ1) is 11.8. The first-order valence-corrected chi connectivity index (χ1v) is 6.59. The number of rotatable bonds is 2. The van der Waals surface area contributed by atoms with Crippen molar-refractivity contribution in [2.45, 2.75) is 12.8 Å². The van der Waals surface area contributed by atoms with E-state index in [-0.39, 0.29) is 0 Å². The van der Waals surface area contributed by atoms with Gasteiger partial charge in [0.15, 0.2) is 0 Å². The Bertz CT molecular complexity index is 715. The van der Waals surface area contributed by atoms with Crippen molar-refractivity contribution >= 4 is 16.5 Å². The van der Waals surface area contributed by atoms with Crippen molar-refractivity contribution in [2.75, 3.05) is 5.73 Å².